The third kappa shape index (κ3) is 3.21. The molecule has 1 atom stereocenters. The lowest BCUT2D eigenvalue weighted by Crippen LogP contribution is -2.31. The van der Waals surface area contributed by atoms with Gasteiger partial charge in [-0.2, -0.15) is 13.2 Å². The van der Waals surface area contributed by atoms with Crippen LogP contribution in [0.4, 0.5) is 17.6 Å². The van der Waals surface area contributed by atoms with Crippen LogP contribution in [0, 0.1) is 5.82 Å². The van der Waals surface area contributed by atoms with Gasteiger partial charge in [-0.05, 0) is 17.7 Å². The van der Waals surface area contributed by atoms with E-state index in [0.717, 1.165) is 7.05 Å². The molecule has 0 spiro atoms. The number of aliphatic carboxylic acids is 1. The average molecular weight is 279 g/mol. The van der Waals surface area contributed by atoms with E-state index in [4.69, 9.17) is 5.11 Å². The van der Waals surface area contributed by atoms with Crippen LogP contribution in [0.1, 0.15) is 17.2 Å². The van der Waals surface area contributed by atoms with Crippen LogP contribution in [-0.4, -0.2) is 29.4 Å². The summed E-state index contributed by atoms with van der Waals surface area (Å²) in [5, 5.41) is 8.93. The molecule has 0 saturated carbocycles. The van der Waals surface area contributed by atoms with Crippen molar-refractivity contribution in [2.45, 2.75) is 12.2 Å². The second-order valence-corrected chi connectivity index (χ2v) is 3.74. The minimum atomic E-state index is -4.92. The first-order valence-electron chi connectivity index (χ1n) is 4.95. The molecule has 0 saturated heterocycles. The highest BCUT2D eigenvalue weighted by atomic mass is 19.4. The van der Waals surface area contributed by atoms with Gasteiger partial charge in [-0.25, -0.2) is 9.18 Å². The largest absolute Gasteiger partial charge is 0.479 e. The summed E-state index contributed by atoms with van der Waals surface area (Å²) in [6.07, 6.45) is -4.84. The van der Waals surface area contributed by atoms with Gasteiger partial charge in [-0.3, -0.25) is 4.79 Å². The van der Waals surface area contributed by atoms with E-state index in [0.29, 0.717) is 17.0 Å². The maximum atomic E-state index is 12.9. The molecule has 0 radical (unpaired) electrons. The number of halogens is 4. The van der Waals surface area contributed by atoms with E-state index in [1.807, 2.05) is 0 Å². The van der Waals surface area contributed by atoms with Gasteiger partial charge in [-0.1, -0.05) is 6.07 Å². The van der Waals surface area contributed by atoms with Crippen molar-refractivity contribution in [1.29, 1.82) is 0 Å². The van der Waals surface area contributed by atoms with Gasteiger partial charge in [0.05, 0.1) is 5.56 Å². The molecule has 8 heteroatoms. The number of nitrogens with zero attached hydrogens (tertiary/aromatic N) is 1. The molecule has 0 aliphatic carbocycles. The number of alkyl halides is 3. The van der Waals surface area contributed by atoms with Crippen LogP contribution < -0.4 is 0 Å². The summed E-state index contributed by atoms with van der Waals surface area (Å²) in [6.45, 7) is 0. The highest BCUT2D eigenvalue weighted by Crippen LogP contribution is 2.36. The summed E-state index contributed by atoms with van der Waals surface area (Å²) >= 11 is 0. The van der Waals surface area contributed by atoms with Crippen LogP contribution >= 0.6 is 0 Å². The lowest BCUT2D eigenvalue weighted by molar-refractivity contribution is -0.148. The smallest absolute Gasteiger partial charge is 0.416 e. The summed E-state index contributed by atoms with van der Waals surface area (Å²) in [6, 6.07) is -0.227. The van der Waals surface area contributed by atoms with E-state index >= 15 is 0 Å². The van der Waals surface area contributed by atoms with Crippen molar-refractivity contribution < 1.29 is 32.3 Å². The Balaban J connectivity index is 3.47. The standard InChI is InChI=1S/C11H9F4NO3/c1-16(5-17)9(10(18)19)7-3-2-6(12)4-8(7)11(13,14)15/h2-5,9H,1H3,(H,18,19). The monoisotopic (exact) mass is 279 g/mol. The molecule has 0 bridgehead atoms. The first-order valence-corrected chi connectivity index (χ1v) is 4.95. The number of benzene rings is 1. The van der Waals surface area contributed by atoms with Crippen molar-refractivity contribution in [3.05, 3.63) is 35.1 Å². The highest BCUT2D eigenvalue weighted by molar-refractivity contribution is 5.78. The van der Waals surface area contributed by atoms with Crippen molar-refractivity contribution in [2.75, 3.05) is 7.05 Å². The Labute approximate surface area is 105 Å². The number of amides is 1. The fraction of sp³-hybridized carbons (Fsp3) is 0.273. The lowest BCUT2D eigenvalue weighted by atomic mass is 9.99. The molecule has 1 aromatic rings. The number of carbonyl (C=O) groups excluding carboxylic acids is 1. The fourth-order valence-electron chi connectivity index (χ4n) is 1.60. The minimum Gasteiger partial charge on any atom is -0.479 e. The van der Waals surface area contributed by atoms with Crippen molar-refractivity contribution >= 4 is 12.4 Å². The molecule has 0 heterocycles. The topological polar surface area (TPSA) is 57.6 Å². The van der Waals surface area contributed by atoms with Gasteiger partial charge in [-0.15, -0.1) is 0 Å². The first kappa shape index (κ1) is 14.9. The number of hydrogen-bond donors (Lipinski definition) is 1. The SMILES string of the molecule is CN(C=O)C(C(=O)O)c1ccc(F)cc1C(F)(F)F. The van der Waals surface area contributed by atoms with E-state index in [-0.39, 0.29) is 12.5 Å². The lowest BCUT2D eigenvalue weighted by Gasteiger charge is -2.24. The summed E-state index contributed by atoms with van der Waals surface area (Å²) in [7, 11) is 1.02. The molecule has 104 valence electrons. The Hall–Kier alpha value is -2.12. The summed E-state index contributed by atoms with van der Waals surface area (Å²) in [5.41, 5.74) is -2.12. The second kappa shape index (κ2) is 5.25. The van der Waals surface area contributed by atoms with Crippen molar-refractivity contribution in [3.63, 3.8) is 0 Å². The van der Waals surface area contributed by atoms with Crippen LogP contribution in [0.2, 0.25) is 0 Å². The number of likely N-dealkylation sites (N-methyl/N-ethyl adjacent to an activating group) is 1. The highest BCUT2D eigenvalue weighted by Gasteiger charge is 2.38. The van der Waals surface area contributed by atoms with Crippen LogP contribution in [-0.2, 0) is 15.8 Å². The summed E-state index contributed by atoms with van der Waals surface area (Å²) < 4.78 is 51.2. The number of carboxylic acid groups (broad SMARTS) is 1. The quantitative estimate of drug-likeness (QED) is 0.678. The van der Waals surface area contributed by atoms with Crippen LogP contribution in [0.5, 0.6) is 0 Å². The number of carboxylic acids is 1. The third-order valence-corrected chi connectivity index (χ3v) is 2.42. The van der Waals surface area contributed by atoms with Gasteiger partial charge in [0.1, 0.15) is 5.82 Å². The molecule has 4 nitrogen and oxygen atoms in total. The number of rotatable bonds is 4. The summed E-state index contributed by atoms with van der Waals surface area (Å²) in [4.78, 5) is 22.1. The second-order valence-electron chi connectivity index (χ2n) is 3.74. The van der Waals surface area contributed by atoms with Crippen LogP contribution in [0.15, 0.2) is 18.2 Å². The number of hydrogen-bond acceptors (Lipinski definition) is 2. The van der Waals surface area contributed by atoms with E-state index in [2.05, 4.69) is 0 Å². The van der Waals surface area contributed by atoms with Gasteiger partial charge < -0.3 is 10.0 Å². The van der Waals surface area contributed by atoms with E-state index in [9.17, 15) is 27.2 Å². The third-order valence-electron chi connectivity index (χ3n) is 2.42. The Morgan fingerprint density at radius 1 is 1.42 bits per heavy atom. The van der Waals surface area contributed by atoms with Gasteiger partial charge >= 0.3 is 12.1 Å². The predicted octanol–water partition coefficient (Wildman–Crippen LogP) is 2.06. The maximum Gasteiger partial charge on any atom is 0.416 e. The zero-order chi connectivity index (χ0) is 14.8. The Kier molecular flexibility index (Phi) is 4.13. The number of carbonyl (C=O) groups is 2. The summed E-state index contributed by atoms with van der Waals surface area (Å²) in [5.74, 6) is -2.79. The molecular weight excluding hydrogens is 270 g/mol. The average Bonchev–Trinajstić information content (AvgIpc) is 2.29. The maximum absolute atomic E-state index is 12.9. The Bertz CT molecular complexity index is 501. The fourth-order valence-corrected chi connectivity index (χ4v) is 1.60. The first-order chi connectivity index (χ1) is 8.68. The molecule has 19 heavy (non-hydrogen) atoms. The minimum absolute atomic E-state index is 0.0856. The van der Waals surface area contributed by atoms with Crippen molar-refractivity contribution in [3.8, 4) is 0 Å². The van der Waals surface area contributed by atoms with E-state index in [1.165, 1.54) is 0 Å². The van der Waals surface area contributed by atoms with E-state index in [1.54, 1.807) is 0 Å². The molecular formula is C11H9F4NO3. The Morgan fingerprint density at radius 3 is 2.42 bits per heavy atom. The predicted molar refractivity (Wildman–Crippen MR) is 55.6 cm³/mol. The van der Waals surface area contributed by atoms with Crippen molar-refractivity contribution in [1.82, 2.24) is 4.90 Å². The molecule has 0 aliphatic heterocycles. The van der Waals surface area contributed by atoms with Crippen LogP contribution in [0.25, 0.3) is 0 Å². The van der Waals surface area contributed by atoms with Gasteiger partial charge in [0.25, 0.3) is 0 Å². The molecule has 1 unspecified atom stereocenters. The Morgan fingerprint density at radius 2 is 2.00 bits per heavy atom. The molecule has 1 rings (SSSR count). The normalized spacial score (nSPS) is 12.9. The molecule has 0 aromatic heterocycles. The van der Waals surface area contributed by atoms with Gasteiger partial charge in [0, 0.05) is 7.05 Å². The zero-order valence-corrected chi connectivity index (χ0v) is 9.61. The molecule has 0 fully saturated rings. The van der Waals surface area contributed by atoms with Gasteiger partial charge in [0.15, 0.2) is 6.04 Å². The zero-order valence-electron chi connectivity index (χ0n) is 9.61. The van der Waals surface area contributed by atoms with Gasteiger partial charge in [0.2, 0.25) is 6.41 Å². The van der Waals surface area contributed by atoms with Crippen molar-refractivity contribution in [2.24, 2.45) is 0 Å². The molecule has 1 aromatic carbocycles. The van der Waals surface area contributed by atoms with Crippen LogP contribution in [0.3, 0.4) is 0 Å². The van der Waals surface area contributed by atoms with E-state index < -0.39 is 35.1 Å². The molecule has 1 N–H and O–H groups in total. The molecule has 1 amide bonds. The molecule has 0 aliphatic rings.